The molecule has 1 N–H and O–H groups in total. The number of ether oxygens (including phenoxy) is 1. The highest BCUT2D eigenvalue weighted by atomic mass is 19.2. The number of urea groups is 1. The Morgan fingerprint density at radius 1 is 0.946 bits per heavy atom. The predicted molar refractivity (Wildman–Crippen MR) is 125 cm³/mol. The zero-order valence-electron chi connectivity index (χ0n) is 20.0. The maximum Gasteiger partial charge on any atom is 0.325 e. The number of nitrogens with zero attached hydrogens (tertiary/aromatic N) is 2. The van der Waals surface area contributed by atoms with Crippen molar-refractivity contribution in [3.8, 4) is 5.75 Å². The van der Waals surface area contributed by atoms with E-state index >= 15 is 0 Å². The minimum absolute atomic E-state index is 0.0251. The van der Waals surface area contributed by atoms with E-state index in [2.05, 4.69) is 5.32 Å². The fourth-order valence-electron chi connectivity index (χ4n) is 4.11. The molecule has 37 heavy (non-hydrogen) atoms. The molecule has 1 aliphatic heterocycles. The number of amides is 3. The maximum atomic E-state index is 14.7. The Kier molecular flexibility index (Phi) is 7.06. The first-order valence-electron chi connectivity index (χ1n) is 11.1. The van der Waals surface area contributed by atoms with E-state index in [4.69, 9.17) is 4.74 Å². The summed E-state index contributed by atoms with van der Waals surface area (Å²) in [5, 5.41) is 2.36. The van der Waals surface area contributed by atoms with Crippen molar-refractivity contribution in [2.45, 2.75) is 26.1 Å². The summed E-state index contributed by atoms with van der Waals surface area (Å²) in [6.45, 7) is 0.724. The first kappa shape index (κ1) is 25.9. The molecule has 6 nitrogen and oxygen atoms in total. The summed E-state index contributed by atoms with van der Waals surface area (Å²) in [4.78, 5) is 28.4. The minimum Gasteiger partial charge on any atom is -0.497 e. The highest BCUT2D eigenvalue weighted by Crippen LogP contribution is 2.38. The molecule has 0 aliphatic carbocycles. The van der Waals surface area contributed by atoms with Crippen LogP contribution in [-0.4, -0.2) is 31.0 Å². The van der Waals surface area contributed by atoms with Gasteiger partial charge in [0.1, 0.15) is 34.8 Å². The Morgan fingerprint density at radius 2 is 1.54 bits per heavy atom. The first-order valence-corrected chi connectivity index (χ1v) is 11.1. The van der Waals surface area contributed by atoms with E-state index in [0.717, 1.165) is 17.0 Å². The summed E-state index contributed by atoms with van der Waals surface area (Å²) in [6, 6.07) is 6.44. The second-order valence-corrected chi connectivity index (χ2v) is 8.53. The molecule has 0 saturated carbocycles. The van der Waals surface area contributed by atoms with Crippen LogP contribution in [0.3, 0.4) is 0 Å². The summed E-state index contributed by atoms with van der Waals surface area (Å²) in [5.41, 5.74) is -0.00194. The molecule has 3 amide bonds. The van der Waals surface area contributed by atoms with Crippen molar-refractivity contribution in [3.05, 3.63) is 93.8 Å². The van der Waals surface area contributed by atoms with Crippen LogP contribution in [0.1, 0.15) is 40.0 Å². The van der Waals surface area contributed by atoms with Crippen LogP contribution >= 0.6 is 0 Å². The van der Waals surface area contributed by atoms with Gasteiger partial charge in [-0.1, -0.05) is 6.07 Å². The van der Waals surface area contributed by atoms with Gasteiger partial charge in [0.2, 0.25) is 0 Å². The van der Waals surface area contributed by atoms with Crippen LogP contribution < -0.4 is 15.0 Å². The van der Waals surface area contributed by atoms with Crippen molar-refractivity contribution in [1.29, 1.82) is 0 Å². The number of methoxy groups -OCH3 is 1. The smallest absolute Gasteiger partial charge is 0.325 e. The van der Waals surface area contributed by atoms with Crippen LogP contribution in [0.4, 0.5) is 32.4 Å². The van der Waals surface area contributed by atoms with Crippen molar-refractivity contribution >= 4 is 17.6 Å². The Balaban J connectivity index is 1.66. The van der Waals surface area contributed by atoms with Crippen LogP contribution in [-0.2, 0) is 13.1 Å². The lowest BCUT2D eigenvalue weighted by Gasteiger charge is -2.39. The molecule has 1 heterocycles. The van der Waals surface area contributed by atoms with E-state index in [1.165, 1.54) is 31.2 Å². The van der Waals surface area contributed by atoms with Gasteiger partial charge in [-0.25, -0.2) is 26.7 Å². The molecule has 0 radical (unpaired) electrons. The van der Waals surface area contributed by atoms with Crippen LogP contribution in [0.15, 0.2) is 42.5 Å². The molecule has 0 bridgehead atoms. The minimum atomic E-state index is -1.15. The number of fused-ring (bicyclic) bond motifs is 1. The highest BCUT2D eigenvalue weighted by molar-refractivity contribution is 5.99. The zero-order chi connectivity index (χ0) is 27.0. The molecule has 1 atom stereocenters. The van der Waals surface area contributed by atoms with E-state index in [9.17, 15) is 31.5 Å². The van der Waals surface area contributed by atoms with Gasteiger partial charge in [-0.05, 0) is 24.6 Å². The molecule has 11 heteroatoms. The van der Waals surface area contributed by atoms with E-state index in [-0.39, 0.29) is 22.6 Å². The van der Waals surface area contributed by atoms with Crippen molar-refractivity contribution in [2.75, 3.05) is 19.1 Å². The maximum absolute atomic E-state index is 14.7. The number of hydrogen-bond donors (Lipinski definition) is 1. The van der Waals surface area contributed by atoms with Gasteiger partial charge in [0.25, 0.3) is 5.91 Å². The third-order valence-corrected chi connectivity index (χ3v) is 6.35. The van der Waals surface area contributed by atoms with E-state index in [0.29, 0.717) is 17.7 Å². The molecular weight excluding hydrogens is 497 g/mol. The summed E-state index contributed by atoms with van der Waals surface area (Å²) in [5.74, 6) is -5.97. The molecule has 0 spiro atoms. The van der Waals surface area contributed by atoms with Crippen LogP contribution in [0.2, 0.25) is 0 Å². The average Bonchev–Trinajstić information content (AvgIpc) is 2.85. The Hall–Kier alpha value is -4.15. The number of benzene rings is 3. The fourth-order valence-corrected chi connectivity index (χ4v) is 4.11. The largest absolute Gasteiger partial charge is 0.497 e. The fraction of sp³-hybridized carbons (Fsp3) is 0.231. The number of carbonyl (C=O) groups excluding carboxylic acids is 2. The Labute approximate surface area is 209 Å². The van der Waals surface area contributed by atoms with Gasteiger partial charge in [0, 0.05) is 54.5 Å². The van der Waals surface area contributed by atoms with Crippen molar-refractivity contribution in [1.82, 2.24) is 10.2 Å². The number of hydrogen-bond acceptors (Lipinski definition) is 3. The van der Waals surface area contributed by atoms with Gasteiger partial charge < -0.3 is 15.0 Å². The molecule has 194 valence electrons. The molecule has 1 aliphatic rings. The third-order valence-electron chi connectivity index (χ3n) is 6.35. The number of nitrogens with one attached hydrogen (secondary N) is 1. The second-order valence-electron chi connectivity index (χ2n) is 8.53. The molecular formula is C26H22F5N3O3. The van der Waals surface area contributed by atoms with Gasteiger partial charge in [-0.15, -0.1) is 0 Å². The molecule has 0 fully saturated rings. The predicted octanol–water partition coefficient (Wildman–Crippen LogP) is 5.45. The van der Waals surface area contributed by atoms with Crippen molar-refractivity contribution in [2.24, 2.45) is 0 Å². The van der Waals surface area contributed by atoms with Crippen LogP contribution in [0, 0.1) is 29.1 Å². The molecule has 1 unspecified atom stereocenters. The SMILES string of the molecule is COc1cc(F)c(CN2C(=O)N(C)C(C)c3ccc(C(=O)NCc4c(F)cc(F)cc4F)cc32)c(F)c1. The Morgan fingerprint density at radius 3 is 2.14 bits per heavy atom. The van der Waals surface area contributed by atoms with Crippen molar-refractivity contribution in [3.63, 3.8) is 0 Å². The lowest BCUT2D eigenvalue weighted by atomic mass is 9.98. The zero-order valence-corrected chi connectivity index (χ0v) is 20.0. The average molecular weight is 519 g/mol. The van der Waals surface area contributed by atoms with Gasteiger partial charge in [0.15, 0.2) is 0 Å². The summed E-state index contributed by atoms with van der Waals surface area (Å²) in [7, 11) is 2.80. The lowest BCUT2D eigenvalue weighted by Crippen LogP contribution is -2.47. The van der Waals surface area contributed by atoms with Crippen LogP contribution in [0.5, 0.6) is 5.75 Å². The van der Waals surface area contributed by atoms with Gasteiger partial charge in [-0.3, -0.25) is 9.69 Å². The van der Waals surface area contributed by atoms with Crippen LogP contribution in [0.25, 0.3) is 0 Å². The van der Waals surface area contributed by atoms with Gasteiger partial charge in [0.05, 0.1) is 25.4 Å². The number of carbonyl (C=O) groups is 2. The summed E-state index contributed by atoms with van der Waals surface area (Å²) < 4.78 is 75.2. The van der Waals surface area contributed by atoms with Gasteiger partial charge >= 0.3 is 6.03 Å². The van der Waals surface area contributed by atoms with E-state index in [1.54, 1.807) is 13.0 Å². The number of rotatable bonds is 6. The van der Waals surface area contributed by atoms with E-state index in [1.807, 2.05) is 0 Å². The molecule has 3 aromatic carbocycles. The Bertz CT molecular complexity index is 1350. The highest BCUT2D eigenvalue weighted by Gasteiger charge is 2.34. The monoisotopic (exact) mass is 519 g/mol. The number of anilines is 1. The quantitative estimate of drug-likeness (QED) is 0.441. The lowest BCUT2D eigenvalue weighted by molar-refractivity contribution is 0.0950. The summed E-state index contributed by atoms with van der Waals surface area (Å²) >= 11 is 0. The summed E-state index contributed by atoms with van der Waals surface area (Å²) in [6.07, 6.45) is 0. The normalized spacial score (nSPS) is 15.0. The molecule has 4 rings (SSSR count). The van der Waals surface area contributed by atoms with E-state index < -0.39 is 65.7 Å². The first-order chi connectivity index (χ1) is 17.5. The standard InChI is InChI=1S/C26H22F5N3O3/c1-13-17-5-4-14(25(35)32-11-18-20(28)7-15(27)8-21(18)29)6-24(17)34(26(36)33(13)2)12-19-22(30)9-16(37-3)10-23(19)31/h4-10,13H,11-12H2,1-3H3,(H,32,35). The molecule has 0 saturated heterocycles. The second kappa shape index (κ2) is 10.1. The molecule has 0 aromatic heterocycles. The number of halogens is 5. The van der Waals surface area contributed by atoms with Crippen molar-refractivity contribution < 1.29 is 36.3 Å². The third kappa shape index (κ3) is 4.93. The molecule has 3 aromatic rings. The van der Waals surface area contributed by atoms with Gasteiger partial charge in [-0.2, -0.15) is 0 Å². The topological polar surface area (TPSA) is 61.9 Å².